The molecule has 0 aromatic heterocycles. The number of nitrogens with one attached hydrogen (secondary N) is 1. The Balaban J connectivity index is 2.69. The summed E-state index contributed by atoms with van der Waals surface area (Å²) < 4.78 is 9.58. The molecule has 0 bridgehead atoms. The lowest BCUT2D eigenvalue weighted by Gasteiger charge is -2.26. The molecule has 0 spiro atoms. The Hall–Kier alpha value is -1.09. The molecule has 0 aromatic rings. The predicted octanol–water partition coefficient (Wildman–Crippen LogP) is 2.22. The van der Waals surface area contributed by atoms with Crippen molar-refractivity contribution in [3.05, 3.63) is 12.2 Å². The van der Waals surface area contributed by atoms with Crippen LogP contribution in [-0.2, 0) is 9.47 Å². The zero-order valence-corrected chi connectivity index (χ0v) is 11.0. The number of carbonyl (C=O) groups excluding carboxylic acids is 2. The van der Waals surface area contributed by atoms with E-state index in [1.54, 1.807) is 6.08 Å². The lowest BCUT2D eigenvalue weighted by atomic mass is 9.99. The van der Waals surface area contributed by atoms with Crippen molar-refractivity contribution in [3.8, 4) is 0 Å². The van der Waals surface area contributed by atoms with Crippen molar-refractivity contribution in [2.75, 3.05) is 7.11 Å². The second-order valence-corrected chi connectivity index (χ2v) is 4.39. The van der Waals surface area contributed by atoms with Crippen LogP contribution in [0.3, 0.4) is 0 Å². The van der Waals surface area contributed by atoms with E-state index in [1.165, 1.54) is 7.11 Å². The number of hydrogen-bond acceptors (Lipinski definition) is 4. The van der Waals surface area contributed by atoms with Gasteiger partial charge in [0.05, 0.1) is 13.2 Å². The lowest BCUT2D eigenvalue weighted by Crippen LogP contribution is -2.42. The number of carbonyl (C=O) groups is 2. The first-order valence-corrected chi connectivity index (χ1v) is 6.18. The molecular weight excluding hydrogens is 241 g/mol. The van der Waals surface area contributed by atoms with E-state index in [4.69, 9.17) is 4.74 Å². The molecule has 0 saturated heterocycles. The summed E-state index contributed by atoms with van der Waals surface area (Å²) >= 11 is 0. The van der Waals surface area contributed by atoms with Crippen LogP contribution in [0.4, 0.5) is 9.59 Å². The minimum atomic E-state index is -0.733. The average molecular weight is 259 g/mol. The van der Waals surface area contributed by atoms with E-state index in [0.29, 0.717) is 0 Å². The minimum absolute atomic E-state index is 0.198. The molecule has 1 aliphatic rings. The van der Waals surface area contributed by atoms with Gasteiger partial charge in [-0.3, -0.25) is 4.79 Å². The highest BCUT2D eigenvalue weighted by atomic mass is 31.0. The zero-order chi connectivity index (χ0) is 12.7. The van der Waals surface area contributed by atoms with Crippen molar-refractivity contribution in [3.63, 3.8) is 0 Å². The Labute approximate surface area is 103 Å². The fraction of sp³-hybridized carbons (Fsp3) is 0.636. The van der Waals surface area contributed by atoms with E-state index in [0.717, 1.165) is 25.7 Å². The summed E-state index contributed by atoms with van der Waals surface area (Å²) in [5.41, 5.74) is -0.206. The van der Waals surface area contributed by atoms with Crippen molar-refractivity contribution in [2.24, 2.45) is 0 Å². The van der Waals surface area contributed by atoms with Gasteiger partial charge in [0.2, 0.25) is 5.65 Å². The van der Waals surface area contributed by atoms with Crippen molar-refractivity contribution in [1.82, 2.24) is 5.32 Å². The summed E-state index contributed by atoms with van der Waals surface area (Å²) in [6.07, 6.45) is 6.38. The third-order valence-corrected chi connectivity index (χ3v) is 2.75. The first kappa shape index (κ1) is 14.0. The molecule has 1 N–H and O–H groups in total. The van der Waals surface area contributed by atoms with Crippen LogP contribution in [0, 0.1) is 0 Å². The van der Waals surface area contributed by atoms with Crippen LogP contribution in [0.1, 0.15) is 25.7 Å². The number of rotatable bonds is 2. The van der Waals surface area contributed by atoms with Gasteiger partial charge in [-0.15, -0.1) is 0 Å². The fourth-order valence-corrected chi connectivity index (χ4v) is 1.99. The fourth-order valence-electron chi connectivity index (χ4n) is 1.77. The first-order chi connectivity index (χ1) is 8.13. The molecule has 1 aliphatic carbocycles. The van der Waals surface area contributed by atoms with Crippen LogP contribution in [0.15, 0.2) is 12.2 Å². The van der Waals surface area contributed by atoms with Gasteiger partial charge in [0.1, 0.15) is 6.10 Å². The second kappa shape index (κ2) is 7.28. The van der Waals surface area contributed by atoms with E-state index in [-0.39, 0.29) is 11.7 Å². The van der Waals surface area contributed by atoms with Gasteiger partial charge in [-0.25, -0.2) is 4.79 Å². The summed E-state index contributed by atoms with van der Waals surface area (Å²) in [4.78, 5) is 22.2. The quantitative estimate of drug-likeness (QED) is 0.469. The number of hydrogen-bond donors (Lipinski definition) is 1. The highest BCUT2D eigenvalue weighted by molar-refractivity contribution is 7.39. The van der Waals surface area contributed by atoms with Crippen LogP contribution in [-0.4, -0.2) is 31.1 Å². The van der Waals surface area contributed by atoms with Crippen LogP contribution in [0.5, 0.6) is 0 Å². The molecule has 96 valence electrons. The van der Waals surface area contributed by atoms with E-state index in [2.05, 4.69) is 19.3 Å². The topological polar surface area (TPSA) is 64.6 Å². The number of amides is 1. The monoisotopic (exact) mass is 259 g/mol. The molecule has 1 rings (SSSR count). The van der Waals surface area contributed by atoms with Gasteiger partial charge in [0.15, 0.2) is 0 Å². The number of allylic oxidation sites excluding steroid dienone is 1. The molecule has 6 heteroatoms. The van der Waals surface area contributed by atoms with Gasteiger partial charge in [-0.1, -0.05) is 12.5 Å². The maximum absolute atomic E-state index is 11.1. The first-order valence-electron chi connectivity index (χ1n) is 5.60. The standard InChI is InChI=1S/C11H18NO4P/c1-15-11(14)16-9-7-5-3-2-4-6-8(9)12-10(13)17/h5,7-9H,2-4,6,17H2,1H3,(H,12,13)/b7-5+. The molecule has 0 saturated carbocycles. The van der Waals surface area contributed by atoms with E-state index < -0.39 is 12.3 Å². The molecule has 0 heterocycles. The predicted molar refractivity (Wildman–Crippen MR) is 66.9 cm³/mol. The van der Waals surface area contributed by atoms with E-state index >= 15 is 0 Å². The minimum Gasteiger partial charge on any atom is -0.438 e. The zero-order valence-electron chi connectivity index (χ0n) is 9.85. The maximum Gasteiger partial charge on any atom is 0.508 e. The molecule has 0 fully saturated rings. The van der Waals surface area contributed by atoms with Crippen molar-refractivity contribution in [1.29, 1.82) is 0 Å². The summed E-state index contributed by atoms with van der Waals surface area (Å²) in [7, 11) is 3.32. The van der Waals surface area contributed by atoms with E-state index in [1.807, 2.05) is 6.08 Å². The smallest absolute Gasteiger partial charge is 0.438 e. The largest absolute Gasteiger partial charge is 0.508 e. The molecule has 0 aliphatic heterocycles. The molecule has 0 radical (unpaired) electrons. The van der Waals surface area contributed by atoms with Crippen molar-refractivity contribution >= 4 is 21.0 Å². The third kappa shape index (κ3) is 5.18. The normalized spacial score (nSPS) is 26.2. The van der Waals surface area contributed by atoms with Gasteiger partial charge >= 0.3 is 6.16 Å². The molecule has 3 unspecified atom stereocenters. The van der Waals surface area contributed by atoms with Crippen LogP contribution in [0.25, 0.3) is 0 Å². The Morgan fingerprint density at radius 3 is 2.82 bits per heavy atom. The number of ether oxygens (including phenoxy) is 2. The summed E-state index contributed by atoms with van der Waals surface area (Å²) in [5.74, 6) is 0. The molecule has 0 aromatic carbocycles. The van der Waals surface area contributed by atoms with Crippen LogP contribution < -0.4 is 5.32 Å². The Bertz CT molecular complexity index is 306. The van der Waals surface area contributed by atoms with Crippen LogP contribution >= 0.6 is 9.24 Å². The summed E-state index contributed by atoms with van der Waals surface area (Å²) in [6, 6.07) is -0.198. The average Bonchev–Trinajstić information content (AvgIpc) is 2.26. The van der Waals surface area contributed by atoms with Crippen LogP contribution in [0.2, 0.25) is 0 Å². The molecular formula is C11H18NO4P. The second-order valence-electron chi connectivity index (χ2n) is 3.86. The molecule has 1 amide bonds. The summed E-state index contributed by atoms with van der Waals surface area (Å²) in [6.45, 7) is 0. The van der Waals surface area contributed by atoms with Gasteiger partial charge < -0.3 is 14.8 Å². The summed E-state index contributed by atoms with van der Waals surface area (Å²) in [5, 5.41) is 2.77. The van der Waals surface area contributed by atoms with E-state index in [9.17, 15) is 9.59 Å². The molecule has 3 atom stereocenters. The Morgan fingerprint density at radius 1 is 1.41 bits per heavy atom. The molecule has 17 heavy (non-hydrogen) atoms. The Kier molecular flexibility index (Phi) is 5.98. The van der Waals surface area contributed by atoms with Gasteiger partial charge in [0, 0.05) is 0 Å². The SMILES string of the molecule is COC(=O)OC1/C=C/CCCCC1NC(=O)P. The lowest BCUT2D eigenvalue weighted by molar-refractivity contribution is 0.0395. The Morgan fingerprint density at radius 2 is 2.18 bits per heavy atom. The van der Waals surface area contributed by atoms with Crippen molar-refractivity contribution < 1.29 is 19.1 Å². The highest BCUT2D eigenvalue weighted by Gasteiger charge is 2.24. The van der Waals surface area contributed by atoms with Gasteiger partial charge in [-0.05, 0) is 34.6 Å². The maximum atomic E-state index is 11.1. The third-order valence-electron chi connectivity index (χ3n) is 2.58. The van der Waals surface area contributed by atoms with Gasteiger partial charge in [0.25, 0.3) is 0 Å². The highest BCUT2D eigenvalue weighted by Crippen LogP contribution is 2.16. The van der Waals surface area contributed by atoms with Crippen molar-refractivity contribution in [2.45, 2.75) is 37.8 Å². The number of methoxy groups -OCH3 is 1. The van der Waals surface area contributed by atoms with Gasteiger partial charge in [-0.2, -0.15) is 0 Å². The molecule has 5 nitrogen and oxygen atoms in total.